The van der Waals surface area contributed by atoms with Crippen LogP contribution in [0.4, 0.5) is 8.78 Å². The molecule has 2 aromatic carbocycles. The molecule has 0 atom stereocenters. The zero-order chi connectivity index (χ0) is 14.7. The van der Waals surface area contributed by atoms with Crippen LogP contribution >= 0.6 is 0 Å². The molecule has 0 radical (unpaired) electrons. The summed E-state index contributed by atoms with van der Waals surface area (Å²) >= 11 is 0. The lowest BCUT2D eigenvalue weighted by molar-refractivity contribution is 0.0722. The maximum absolute atomic E-state index is 13.5. The number of carbonyl (C=O) groups is 1. The minimum absolute atomic E-state index is 0.129. The van der Waals surface area contributed by atoms with E-state index in [1.54, 1.807) is 12.1 Å². The number of hydrogen-bond acceptors (Lipinski definition) is 2. The van der Waals surface area contributed by atoms with Crippen LogP contribution in [0.15, 0.2) is 42.5 Å². The molecule has 0 aromatic heterocycles. The van der Waals surface area contributed by atoms with Crippen LogP contribution in [0.1, 0.15) is 35.7 Å². The smallest absolute Gasteiger partial charge is 0.349 e. The quantitative estimate of drug-likeness (QED) is 0.617. The first-order valence-electron chi connectivity index (χ1n) is 6.26. The number of halogens is 2. The second-order valence-electron chi connectivity index (χ2n) is 4.68. The molecule has 0 fully saturated rings. The van der Waals surface area contributed by atoms with E-state index in [0.29, 0.717) is 5.75 Å². The van der Waals surface area contributed by atoms with Gasteiger partial charge in [0.25, 0.3) is 0 Å². The lowest BCUT2D eigenvalue weighted by atomic mass is 10.0. The van der Waals surface area contributed by atoms with Gasteiger partial charge in [-0.05, 0) is 29.7 Å². The van der Waals surface area contributed by atoms with Gasteiger partial charge in [0.1, 0.15) is 22.9 Å². The molecule has 4 heteroatoms. The van der Waals surface area contributed by atoms with Crippen molar-refractivity contribution >= 4 is 5.97 Å². The maximum atomic E-state index is 13.5. The van der Waals surface area contributed by atoms with Crippen molar-refractivity contribution in [2.75, 3.05) is 0 Å². The standard InChI is InChI=1S/C16H14F2O2/c1-10(2)11-6-3-4-9-14(11)20-16(19)15-12(17)7-5-8-13(15)18/h3-10H,1-2H3. The molecule has 2 nitrogen and oxygen atoms in total. The largest absolute Gasteiger partial charge is 0.422 e. The SMILES string of the molecule is CC(C)c1ccccc1OC(=O)c1c(F)cccc1F. The molecule has 2 aromatic rings. The molecule has 20 heavy (non-hydrogen) atoms. The minimum Gasteiger partial charge on any atom is -0.422 e. The van der Waals surface area contributed by atoms with Crippen molar-refractivity contribution in [3.63, 3.8) is 0 Å². The Morgan fingerprint density at radius 2 is 1.60 bits per heavy atom. The molecule has 0 unspecified atom stereocenters. The highest BCUT2D eigenvalue weighted by atomic mass is 19.1. The molecule has 0 saturated heterocycles. The first-order valence-corrected chi connectivity index (χ1v) is 6.26. The molecule has 0 heterocycles. The Labute approximate surface area is 116 Å². The molecule has 0 saturated carbocycles. The summed E-state index contributed by atoms with van der Waals surface area (Å²) in [5, 5.41) is 0. The number of benzene rings is 2. The number of carbonyl (C=O) groups excluding carboxylic acids is 1. The number of rotatable bonds is 3. The van der Waals surface area contributed by atoms with E-state index in [2.05, 4.69) is 0 Å². The van der Waals surface area contributed by atoms with Crippen LogP contribution in [-0.4, -0.2) is 5.97 Å². The Bertz CT molecular complexity index is 616. The van der Waals surface area contributed by atoms with Crippen molar-refractivity contribution in [1.82, 2.24) is 0 Å². The van der Waals surface area contributed by atoms with Gasteiger partial charge < -0.3 is 4.74 Å². The Hall–Kier alpha value is -2.23. The lowest BCUT2D eigenvalue weighted by Gasteiger charge is -2.12. The monoisotopic (exact) mass is 276 g/mol. The van der Waals surface area contributed by atoms with Crippen molar-refractivity contribution < 1.29 is 18.3 Å². The molecular formula is C16H14F2O2. The molecule has 0 aliphatic rings. The molecule has 0 amide bonds. The fourth-order valence-electron chi connectivity index (χ4n) is 1.89. The third-order valence-electron chi connectivity index (χ3n) is 2.91. The highest BCUT2D eigenvalue weighted by molar-refractivity contribution is 5.91. The molecule has 0 aliphatic heterocycles. The summed E-state index contributed by atoms with van der Waals surface area (Å²) in [4.78, 5) is 11.9. The zero-order valence-electron chi connectivity index (χ0n) is 11.2. The third-order valence-corrected chi connectivity index (χ3v) is 2.91. The predicted octanol–water partition coefficient (Wildman–Crippen LogP) is 4.31. The summed E-state index contributed by atoms with van der Waals surface area (Å²) in [5.74, 6) is -2.46. The minimum atomic E-state index is -1.03. The Morgan fingerprint density at radius 1 is 1.00 bits per heavy atom. The van der Waals surface area contributed by atoms with E-state index < -0.39 is 23.2 Å². The molecule has 0 bridgehead atoms. The fourth-order valence-corrected chi connectivity index (χ4v) is 1.89. The second kappa shape index (κ2) is 5.82. The molecular weight excluding hydrogens is 262 g/mol. The van der Waals surface area contributed by atoms with Gasteiger partial charge in [0.15, 0.2) is 0 Å². The van der Waals surface area contributed by atoms with Gasteiger partial charge >= 0.3 is 5.97 Å². The van der Waals surface area contributed by atoms with Crippen LogP contribution in [0.25, 0.3) is 0 Å². The van der Waals surface area contributed by atoms with E-state index in [1.165, 1.54) is 6.07 Å². The van der Waals surface area contributed by atoms with Crippen molar-refractivity contribution in [2.24, 2.45) is 0 Å². The lowest BCUT2D eigenvalue weighted by Crippen LogP contribution is -2.14. The van der Waals surface area contributed by atoms with E-state index in [0.717, 1.165) is 17.7 Å². The number of para-hydroxylation sites is 1. The van der Waals surface area contributed by atoms with Crippen LogP contribution in [0, 0.1) is 11.6 Å². The van der Waals surface area contributed by atoms with Gasteiger partial charge in [-0.25, -0.2) is 13.6 Å². The van der Waals surface area contributed by atoms with Crippen molar-refractivity contribution in [3.8, 4) is 5.75 Å². The van der Waals surface area contributed by atoms with Crippen LogP contribution < -0.4 is 4.74 Å². The summed E-state index contributed by atoms with van der Waals surface area (Å²) < 4.78 is 32.2. The topological polar surface area (TPSA) is 26.3 Å². The average molecular weight is 276 g/mol. The average Bonchev–Trinajstić information content (AvgIpc) is 2.38. The Balaban J connectivity index is 2.33. The van der Waals surface area contributed by atoms with Gasteiger partial charge in [-0.15, -0.1) is 0 Å². The van der Waals surface area contributed by atoms with Gasteiger partial charge in [0.2, 0.25) is 0 Å². The van der Waals surface area contributed by atoms with Gasteiger partial charge in [-0.1, -0.05) is 38.1 Å². The first kappa shape index (κ1) is 14.2. The van der Waals surface area contributed by atoms with Crippen LogP contribution in [0.2, 0.25) is 0 Å². The predicted molar refractivity (Wildman–Crippen MR) is 71.8 cm³/mol. The van der Waals surface area contributed by atoms with Crippen LogP contribution in [-0.2, 0) is 0 Å². The Kier molecular flexibility index (Phi) is 4.13. The van der Waals surface area contributed by atoms with E-state index in [-0.39, 0.29) is 5.92 Å². The fraction of sp³-hybridized carbons (Fsp3) is 0.188. The van der Waals surface area contributed by atoms with E-state index >= 15 is 0 Å². The third kappa shape index (κ3) is 2.85. The number of hydrogen-bond donors (Lipinski definition) is 0. The van der Waals surface area contributed by atoms with Crippen LogP contribution in [0.5, 0.6) is 5.75 Å². The zero-order valence-corrected chi connectivity index (χ0v) is 11.2. The van der Waals surface area contributed by atoms with Crippen molar-refractivity contribution in [1.29, 1.82) is 0 Å². The first-order chi connectivity index (χ1) is 9.50. The molecule has 0 spiro atoms. The van der Waals surface area contributed by atoms with E-state index in [1.807, 2.05) is 26.0 Å². The van der Waals surface area contributed by atoms with E-state index in [9.17, 15) is 13.6 Å². The second-order valence-corrected chi connectivity index (χ2v) is 4.68. The Morgan fingerprint density at radius 3 is 2.20 bits per heavy atom. The van der Waals surface area contributed by atoms with Gasteiger partial charge in [0.05, 0.1) is 0 Å². The number of ether oxygens (including phenoxy) is 1. The molecule has 104 valence electrons. The summed E-state index contributed by atoms with van der Waals surface area (Å²) in [5.41, 5.74) is 0.128. The van der Waals surface area contributed by atoms with Crippen molar-refractivity contribution in [2.45, 2.75) is 19.8 Å². The van der Waals surface area contributed by atoms with Crippen LogP contribution in [0.3, 0.4) is 0 Å². The summed E-state index contributed by atoms with van der Waals surface area (Å²) in [6.45, 7) is 3.88. The van der Waals surface area contributed by atoms with Gasteiger partial charge in [-0.2, -0.15) is 0 Å². The summed E-state index contributed by atoms with van der Waals surface area (Å²) in [6.07, 6.45) is 0. The maximum Gasteiger partial charge on any atom is 0.349 e. The normalized spacial score (nSPS) is 10.7. The highest BCUT2D eigenvalue weighted by Gasteiger charge is 2.20. The number of esters is 1. The molecule has 0 aliphatic carbocycles. The van der Waals surface area contributed by atoms with Gasteiger partial charge in [0, 0.05) is 0 Å². The molecule has 0 N–H and O–H groups in total. The summed E-state index contributed by atoms with van der Waals surface area (Å²) in [6, 6.07) is 10.2. The summed E-state index contributed by atoms with van der Waals surface area (Å²) in [7, 11) is 0. The van der Waals surface area contributed by atoms with Gasteiger partial charge in [-0.3, -0.25) is 0 Å². The highest BCUT2D eigenvalue weighted by Crippen LogP contribution is 2.27. The molecule has 2 rings (SSSR count). The van der Waals surface area contributed by atoms with Crippen molar-refractivity contribution in [3.05, 3.63) is 65.2 Å². The van der Waals surface area contributed by atoms with E-state index in [4.69, 9.17) is 4.74 Å².